The molecule has 0 amide bonds. The van der Waals surface area contributed by atoms with Crippen LogP contribution in [-0.2, 0) is 5.88 Å². The van der Waals surface area contributed by atoms with Gasteiger partial charge in [-0.05, 0) is 6.07 Å². The maximum absolute atomic E-state index is 12.9. The van der Waals surface area contributed by atoms with Gasteiger partial charge in [0.1, 0.15) is 11.5 Å². The lowest BCUT2D eigenvalue weighted by atomic mass is 10.2. The van der Waals surface area contributed by atoms with E-state index in [1.807, 2.05) is 0 Å². The number of aromatic nitrogens is 1. The molecule has 0 aliphatic heterocycles. The van der Waals surface area contributed by atoms with E-state index in [1.54, 1.807) is 0 Å². The second-order valence-corrected chi connectivity index (χ2v) is 2.71. The van der Waals surface area contributed by atoms with Crippen LogP contribution in [0.3, 0.4) is 0 Å². The van der Waals surface area contributed by atoms with E-state index in [0.717, 1.165) is 0 Å². The summed E-state index contributed by atoms with van der Waals surface area (Å²) in [6.07, 6.45) is -2.78. The van der Waals surface area contributed by atoms with Crippen molar-refractivity contribution in [3.63, 3.8) is 0 Å². The number of halogens is 4. The van der Waals surface area contributed by atoms with Crippen LogP contribution in [0.4, 0.5) is 13.2 Å². The van der Waals surface area contributed by atoms with E-state index in [-0.39, 0.29) is 17.9 Å². The lowest BCUT2D eigenvalue weighted by Crippen LogP contribution is -2.03. The van der Waals surface area contributed by atoms with Gasteiger partial charge in [-0.25, -0.2) is 18.2 Å². The highest BCUT2D eigenvalue weighted by atomic mass is 35.5. The van der Waals surface area contributed by atoms with E-state index in [2.05, 4.69) is 4.98 Å². The number of hydrogen-bond acceptors (Lipinski definition) is 2. The third-order valence-electron chi connectivity index (χ3n) is 1.57. The predicted molar refractivity (Wildman–Crippen MR) is 44.1 cm³/mol. The Hall–Kier alpha value is -1.10. The zero-order valence-electron chi connectivity index (χ0n) is 6.81. The van der Waals surface area contributed by atoms with Gasteiger partial charge in [-0.2, -0.15) is 0 Å². The average molecular weight is 224 g/mol. The summed E-state index contributed by atoms with van der Waals surface area (Å²) in [5, 5.41) is 0. The topological polar surface area (TPSA) is 30.0 Å². The number of pyridine rings is 1. The van der Waals surface area contributed by atoms with Gasteiger partial charge in [0.2, 0.25) is 0 Å². The zero-order chi connectivity index (χ0) is 10.7. The second-order valence-electron chi connectivity index (χ2n) is 2.44. The molecule has 0 bridgehead atoms. The van der Waals surface area contributed by atoms with Gasteiger partial charge in [-0.3, -0.25) is 4.79 Å². The molecule has 1 aromatic heterocycles. The molecule has 0 atom stereocenters. The first-order valence-electron chi connectivity index (χ1n) is 3.58. The SMILES string of the molecule is O=Cc1cc(F)c(CCl)nc1C(F)F. The summed E-state index contributed by atoms with van der Waals surface area (Å²) in [6.45, 7) is 0. The molecule has 0 radical (unpaired) electrons. The van der Waals surface area contributed by atoms with E-state index in [9.17, 15) is 18.0 Å². The summed E-state index contributed by atoms with van der Waals surface area (Å²) < 4.78 is 37.5. The van der Waals surface area contributed by atoms with Gasteiger partial charge in [-0.1, -0.05) is 0 Å². The summed E-state index contributed by atoms with van der Waals surface area (Å²) in [6, 6.07) is 0.708. The lowest BCUT2D eigenvalue weighted by Gasteiger charge is -2.05. The van der Waals surface area contributed by atoms with E-state index in [1.165, 1.54) is 0 Å². The summed E-state index contributed by atoms with van der Waals surface area (Å²) in [5.74, 6) is -1.17. The maximum Gasteiger partial charge on any atom is 0.281 e. The van der Waals surface area contributed by atoms with Crippen LogP contribution in [0.5, 0.6) is 0 Å². The van der Waals surface area contributed by atoms with E-state index >= 15 is 0 Å². The van der Waals surface area contributed by atoms with Crippen LogP contribution in [0.15, 0.2) is 6.07 Å². The number of nitrogens with zero attached hydrogens (tertiary/aromatic N) is 1. The number of rotatable bonds is 3. The number of alkyl halides is 3. The smallest absolute Gasteiger partial charge is 0.281 e. The lowest BCUT2D eigenvalue weighted by molar-refractivity contribution is 0.110. The average Bonchev–Trinajstić information content (AvgIpc) is 2.16. The van der Waals surface area contributed by atoms with Crippen molar-refractivity contribution in [2.45, 2.75) is 12.3 Å². The standard InChI is InChI=1S/C8H5ClF3NO/c9-2-6-5(10)1-4(3-14)7(13-6)8(11)12/h1,3,8H,2H2. The highest BCUT2D eigenvalue weighted by molar-refractivity contribution is 6.16. The monoisotopic (exact) mass is 223 g/mol. The Morgan fingerprint density at radius 1 is 1.57 bits per heavy atom. The van der Waals surface area contributed by atoms with Crippen molar-refractivity contribution in [3.8, 4) is 0 Å². The molecule has 0 saturated carbocycles. The van der Waals surface area contributed by atoms with Crippen LogP contribution >= 0.6 is 11.6 Å². The molecule has 2 nitrogen and oxygen atoms in total. The summed E-state index contributed by atoms with van der Waals surface area (Å²) in [7, 11) is 0. The van der Waals surface area contributed by atoms with E-state index < -0.39 is 23.5 Å². The molecule has 76 valence electrons. The minimum Gasteiger partial charge on any atom is -0.298 e. The molecule has 0 aliphatic carbocycles. The fraction of sp³-hybridized carbons (Fsp3) is 0.250. The molecular weight excluding hydrogens is 219 g/mol. The normalized spacial score (nSPS) is 10.6. The highest BCUT2D eigenvalue weighted by Gasteiger charge is 2.18. The molecule has 0 saturated heterocycles. The summed E-state index contributed by atoms with van der Waals surface area (Å²) in [5.41, 5.74) is -1.48. The predicted octanol–water partition coefficient (Wildman–Crippen LogP) is 2.71. The largest absolute Gasteiger partial charge is 0.298 e. The molecule has 0 fully saturated rings. The van der Waals surface area contributed by atoms with Gasteiger partial charge in [-0.15, -0.1) is 11.6 Å². The molecule has 1 rings (SSSR count). The van der Waals surface area contributed by atoms with Crippen LogP contribution in [0.25, 0.3) is 0 Å². The molecular formula is C8H5ClF3NO. The fourth-order valence-electron chi connectivity index (χ4n) is 0.920. The van der Waals surface area contributed by atoms with Crippen LogP contribution in [0.2, 0.25) is 0 Å². The number of carbonyl (C=O) groups excluding carboxylic acids is 1. The Morgan fingerprint density at radius 2 is 2.21 bits per heavy atom. The van der Waals surface area contributed by atoms with Crippen molar-refractivity contribution in [1.82, 2.24) is 4.98 Å². The molecule has 14 heavy (non-hydrogen) atoms. The van der Waals surface area contributed by atoms with Gasteiger partial charge in [0.25, 0.3) is 6.43 Å². The highest BCUT2D eigenvalue weighted by Crippen LogP contribution is 2.22. The molecule has 0 aromatic carbocycles. The van der Waals surface area contributed by atoms with E-state index in [4.69, 9.17) is 11.6 Å². The first-order valence-corrected chi connectivity index (χ1v) is 4.12. The molecule has 0 aliphatic rings. The fourth-order valence-corrected chi connectivity index (χ4v) is 1.11. The van der Waals surface area contributed by atoms with Gasteiger partial charge in [0, 0.05) is 5.56 Å². The molecule has 0 N–H and O–H groups in total. The molecule has 1 heterocycles. The van der Waals surface area contributed by atoms with Gasteiger partial charge >= 0.3 is 0 Å². The molecule has 0 spiro atoms. The third kappa shape index (κ3) is 2.04. The van der Waals surface area contributed by atoms with Crippen molar-refractivity contribution in [3.05, 3.63) is 28.8 Å². The Labute approximate surface area is 82.7 Å². The van der Waals surface area contributed by atoms with Gasteiger partial charge in [0.15, 0.2) is 6.29 Å². The summed E-state index contributed by atoms with van der Waals surface area (Å²) >= 11 is 5.27. The van der Waals surface area contributed by atoms with Crippen molar-refractivity contribution < 1.29 is 18.0 Å². The Balaban J connectivity index is 3.32. The Bertz CT molecular complexity index is 357. The maximum atomic E-state index is 12.9. The van der Waals surface area contributed by atoms with Crippen molar-refractivity contribution in [2.24, 2.45) is 0 Å². The van der Waals surface area contributed by atoms with Crippen LogP contribution < -0.4 is 0 Å². The molecule has 0 unspecified atom stereocenters. The summed E-state index contributed by atoms with van der Waals surface area (Å²) in [4.78, 5) is 13.6. The first kappa shape index (κ1) is 11.0. The van der Waals surface area contributed by atoms with Crippen molar-refractivity contribution >= 4 is 17.9 Å². The first-order chi connectivity index (χ1) is 6.60. The number of aldehydes is 1. The van der Waals surface area contributed by atoms with Crippen LogP contribution in [0.1, 0.15) is 28.2 Å². The van der Waals surface area contributed by atoms with Crippen molar-refractivity contribution in [1.29, 1.82) is 0 Å². The van der Waals surface area contributed by atoms with E-state index in [0.29, 0.717) is 6.07 Å². The molecule has 1 aromatic rings. The number of carbonyl (C=O) groups is 1. The Kier molecular flexibility index (Phi) is 3.46. The van der Waals surface area contributed by atoms with Crippen LogP contribution in [-0.4, -0.2) is 11.3 Å². The van der Waals surface area contributed by atoms with Gasteiger partial charge in [0.05, 0.1) is 11.6 Å². The molecule has 6 heteroatoms. The zero-order valence-corrected chi connectivity index (χ0v) is 7.56. The Morgan fingerprint density at radius 3 is 2.64 bits per heavy atom. The quantitative estimate of drug-likeness (QED) is 0.583. The second kappa shape index (κ2) is 4.41. The minimum absolute atomic E-state index is 0.135. The van der Waals surface area contributed by atoms with Gasteiger partial charge < -0.3 is 0 Å². The number of hydrogen-bond donors (Lipinski definition) is 0. The van der Waals surface area contributed by atoms with Crippen molar-refractivity contribution in [2.75, 3.05) is 0 Å². The third-order valence-corrected chi connectivity index (χ3v) is 1.82. The van der Waals surface area contributed by atoms with Crippen LogP contribution in [0, 0.1) is 5.82 Å². The minimum atomic E-state index is -2.92.